The first-order chi connectivity index (χ1) is 7.33. The molecule has 0 spiro atoms. The van der Waals surface area contributed by atoms with Crippen LogP contribution in [0.2, 0.25) is 0 Å². The number of rotatable bonds is 6. The third kappa shape index (κ3) is 7.12. The molecule has 0 aromatic carbocycles. The van der Waals surface area contributed by atoms with Gasteiger partial charge in [-0.15, -0.1) is 0 Å². The molecule has 0 aliphatic heterocycles. The molecule has 6 heteroatoms. The van der Waals surface area contributed by atoms with Gasteiger partial charge in [0.25, 0.3) is 6.47 Å². The summed E-state index contributed by atoms with van der Waals surface area (Å²) in [6, 6.07) is 0. The number of hydrogen-bond donors (Lipinski definition) is 0. The molecule has 0 radical (unpaired) electrons. The predicted octanol–water partition coefficient (Wildman–Crippen LogP) is 2.26. The van der Waals surface area contributed by atoms with Gasteiger partial charge in [0.05, 0.1) is 0 Å². The minimum atomic E-state index is -4.53. The van der Waals surface area contributed by atoms with E-state index in [4.69, 9.17) is 4.74 Å². The third-order valence-corrected chi connectivity index (χ3v) is 1.68. The lowest BCUT2D eigenvalue weighted by Crippen LogP contribution is -2.32. The zero-order chi connectivity index (χ0) is 12.7. The lowest BCUT2D eigenvalue weighted by molar-refractivity contribution is -0.209. The van der Waals surface area contributed by atoms with E-state index < -0.39 is 18.6 Å². The van der Waals surface area contributed by atoms with E-state index in [1.807, 2.05) is 6.92 Å². The second-order valence-corrected chi connectivity index (χ2v) is 3.19. The standard InChI is InChI=1S/C10H13F3O3/c1-3-5-9(2,16-8-14)15-7-4-6-10(11,12)13/h8H,3,5,7H2,1-2H3. The van der Waals surface area contributed by atoms with Crippen molar-refractivity contribution in [1.29, 1.82) is 0 Å². The van der Waals surface area contributed by atoms with Gasteiger partial charge in [0.15, 0.2) is 0 Å². The van der Waals surface area contributed by atoms with Crippen molar-refractivity contribution in [3.63, 3.8) is 0 Å². The molecular weight excluding hydrogens is 225 g/mol. The molecule has 0 rings (SSSR count). The van der Waals surface area contributed by atoms with Gasteiger partial charge in [0.2, 0.25) is 5.79 Å². The number of ether oxygens (including phenoxy) is 2. The molecule has 0 aromatic heterocycles. The molecule has 0 bridgehead atoms. The van der Waals surface area contributed by atoms with Gasteiger partial charge in [-0.1, -0.05) is 12.8 Å². The smallest absolute Gasteiger partial charge is 0.436 e. The Balaban J connectivity index is 4.21. The van der Waals surface area contributed by atoms with Crippen molar-refractivity contribution < 1.29 is 27.4 Å². The van der Waals surface area contributed by atoms with Gasteiger partial charge < -0.3 is 9.47 Å². The van der Waals surface area contributed by atoms with Crippen LogP contribution in [0.4, 0.5) is 13.2 Å². The van der Waals surface area contributed by atoms with E-state index in [9.17, 15) is 18.0 Å². The monoisotopic (exact) mass is 238 g/mol. The van der Waals surface area contributed by atoms with E-state index >= 15 is 0 Å². The molecule has 1 atom stereocenters. The number of halogens is 3. The normalized spacial score (nSPS) is 14.6. The highest BCUT2D eigenvalue weighted by molar-refractivity contribution is 5.37. The number of alkyl halides is 3. The van der Waals surface area contributed by atoms with E-state index in [-0.39, 0.29) is 6.47 Å². The van der Waals surface area contributed by atoms with Gasteiger partial charge in [-0.05, 0) is 6.42 Å². The highest BCUT2D eigenvalue weighted by Crippen LogP contribution is 2.18. The van der Waals surface area contributed by atoms with Crippen LogP contribution >= 0.6 is 0 Å². The molecule has 92 valence electrons. The molecular formula is C10H13F3O3. The lowest BCUT2D eigenvalue weighted by Gasteiger charge is -2.26. The summed E-state index contributed by atoms with van der Waals surface area (Å²) in [6.45, 7) is 3.06. The van der Waals surface area contributed by atoms with Crippen LogP contribution in [-0.2, 0) is 14.3 Å². The summed E-state index contributed by atoms with van der Waals surface area (Å²) in [5.41, 5.74) is 0. The third-order valence-electron chi connectivity index (χ3n) is 1.68. The fourth-order valence-corrected chi connectivity index (χ4v) is 1.05. The summed E-state index contributed by atoms with van der Waals surface area (Å²) in [5.74, 6) is 1.65. The Bertz CT molecular complexity index is 277. The fourth-order valence-electron chi connectivity index (χ4n) is 1.05. The Labute approximate surface area is 91.9 Å². The quantitative estimate of drug-likeness (QED) is 0.404. The van der Waals surface area contributed by atoms with E-state index in [0.717, 1.165) is 5.92 Å². The number of hydrogen-bond acceptors (Lipinski definition) is 3. The van der Waals surface area contributed by atoms with Crippen LogP contribution in [0.5, 0.6) is 0 Å². The number of carbonyl (C=O) groups is 1. The van der Waals surface area contributed by atoms with Gasteiger partial charge in [-0.3, -0.25) is 4.79 Å². The molecule has 0 fully saturated rings. The first-order valence-electron chi connectivity index (χ1n) is 4.65. The zero-order valence-electron chi connectivity index (χ0n) is 9.06. The summed E-state index contributed by atoms with van der Waals surface area (Å²) >= 11 is 0. The zero-order valence-corrected chi connectivity index (χ0v) is 9.06. The van der Waals surface area contributed by atoms with Gasteiger partial charge in [-0.25, -0.2) is 0 Å². The van der Waals surface area contributed by atoms with E-state index in [2.05, 4.69) is 4.74 Å². The maximum absolute atomic E-state index is 11.7. The summed E-state index contributed by atoms with van der Waals surface area (Å²) in [6.07, 6.45) is -3.48. The Morgan fingerprint density at radius 3 is 2.44 bits per heavy atom. The SMILES string of the molecule is CCCC(C)(OC=O)OCC#CC(F)(F)F. The van der Waals surface area contributed by atoms with Crippen LogP contribution in [0.1, 0.15) is 26.7 Å². The van der Waals surface area contributed by atoms with Crippen molar-refractivity contribution in [2.75, 3.05) is 6.61 Å². The minimum Gasteiger partial charge on any atom is -0.436 e. The summed E-state index contributed by atoms with van der Waals surface area (Å²) < 4.78 is 44.6. The average Bonchev–Trinajstić information content (AvgIpc) is 2.12. The molecule has 16 heavy (non-hydrogen) atoms. The molecule has 0 saturated carbocycles. The molecule has 0 aliphatic rings. The van der Waals surface area contributed by atoms with Crippen LogP contribution in [0.15, 0.2) is 0 Å². The molecule has 0 amide bonds. The molecule has 0 heterocycles. The average molecular weight is 238 g/mol. The van der Waals surface area contributed by atoms with Crippen molar-refractivity contribution in [3.05, 3.63) is 0 Å². The highest BCUT2D eigenvalue weighted by atomic mass is 19.4. The van der Waals surface area contributed by atoms with Crippen LogP contribution in [0.3, 0.4) is 0 Å². The Morgan fingerprint density at radius 2 is 2.00 bits per heavy atom. The lowest BCUT2D eigenvalue weighted by atomic mass is 10.2. The molecule has 0 saturated heterocycles. The predicted molar refractivity (Wildman–Crippen MR) is 50.2 cm³/mol. The Morgan fingerprint density at radius 1 is 1.38 bits per heavy atom. The second kappa shape index (κ2) is 6.38. The van der Waals surface area contributed by atoms with Gasteiger partial charge in [-0.2, -0.15) is 13.2 Å². The van der Waals surface area contributed by atoms with Crippen molar-refractivity contribution in [1.82, 2.24) is 0 Å². The molecule has 0 N–H and O–H groups in total. The second-order valence-electron chi connectivity index (χ2n) is 3.19. The van der Waals surface area contributed by atoms with Crippen molar-refractivity contribution in [3.8, 4) is 11.8 Å². The fraction of sp³-hybridized carbons (Fsp3) is 0.700. The summed E-state index contributed by atoms with van der Waals surface area (Å²) in [5, 5.41) is 0. The topological polar surface area (TPSA) is 35.5 Å². The molecule has 3 nitrogen and oxygen atoms in total. The first-order valence-corrected chi connectivity index (χ1v) is 4.65. The van der Waals surface area contributed by atoms with Crippen molar-refractivity contribution in [2.45, 2.75) is 38.7 Å². The Hall–Kier alpha value is -1.22. The maximum atomic E-state index is 11.7. The molecule has 0 aliphatic carbocycles. The minimum absolute atomic E-state index is 0.201. The van der Waals surface area contributed by atoms with Gasteiger partial charge >= 0.3 is 6.18 Å². The molecule has 1 unspecified atom stereocenters. The summed E-state index contributed by atoms with van der Waals surface area (Å²) in [7, 11) is 0. The van der Waals surface area contributed by atoms with Crippen molar-refractivity contribution in [2.24, 2.45) is 0 Å². The van der Waals surface area contributed by atoms with Crippen LogP contribution < -0.4 is 0 Å². The highest BCUT2D eigenvalue weighted by Gasteiger charge is 2.26. The van der Waals surface area contributed by atoms with Gasteiger partial charge in [0, 0.05) is 19.3 Å². The number of carbonyl (C=O) groups excluding carboxylic acids is 1. The van der Waals surface area contributed by atoms with E-state index in [1.54, 1.807) is 5.92 Å². The van der Waals surface area contributed by atoms with Crippen molar-refractivity contribution >= 4 is 6.47 Å². The maximum Gasteiger partial charge on any atom is 0.457 e. The van der Waals surface area contributed by atoms with Gasteiger partial charge in [0.1, 0.15) is 6.61 Å². The van der Waals surface area contributed by atoms with Crippen LogP contribution in [-0.4, -0.2) is 25.0 Å². The van der Waals surface area contributed by atoms with Crippen LogP contribution in [0.25, 0.3) is 0 Å². The van der Waals surface area contributed by atoms with Crippen LogP contribution in [0, 0.1) is 11.8 Å². The van der Waals surface area contributed by atoms with E-state index in [0.29, 0.717) is 12.8 Å². The largest absolute Gasteiger partial charge is 0.457 e. The van der Waals surface area contributed by atoms with E-state index in [1.165, 1.54) is 6.92 Å². The first kappa shape index (κ1) is 14.8. The summed E-state index contributed by atoms with van der Waals surface area (Å²) in [4.78, 5) is 10.2. The molecule has 0 aromatic rings. The Kier molecular flexibility index (Phi) is 5.89.